The third kappa shape index (κ3) is 1.90. The van der Waals surface area contributed by atoms with Gasteiger partial charge >= 0.3 is 0 Å². The molecule has 1 unspecified atom stereocenters. The largest absolute Gasteiger partial charge is 0.385 e. The van der Waals surface area contributed by atoms with Crippen LogP contribution in [0, 0.1) is 11.8 Å². The topological polar surface area (TPSA) is 23.5 Å². The molecule has 1 aromatic rings. The standard InChI is InChI=1S/C15H21NO/c1-2-16-10-12-8-15(17,9-13(12)11-16)14-6-4-3-5-7-14/h3-7,12-13,17H,2,8-11H2,1H3/t12-,13?,15-/m1/s1. The predicted octanol–water partition coefficient (Wildman–Crippen LogP) is 2.24. The summed E-state index contributed by atoms with van der Waals surface area (Å²) in [4.78, 5) is 2.51. The van der Waals surface area contributed by atoms with Crippen LogP contribution in [0.25, 0.3) is 0 Å². The van der Waals surface area contributed by atoms with Crippen molar-refractivity contribution in [2.75, 3.05) is 19.6 Å². The number of fused-ring (bicyclic) bond motifs is 1. The fraction of sp³-hybridized carbons (Fsp3) is 0.600. The van der Waals surface area contributed by atoms with Crippen LogP contribution in [0.1, 0.15) is 25.3 Å². The normalized spacial score (nSPS) is 37.3. The van der Waals surface area contributed by atoms with Gasteiger partial charge in [0.2, 0.25) is 0 Å². The number of benzene rings is 1. The van der Waals surface area contributed by atoms with Gasteiger partial charge in [0.15, 0.2) is 0 Å². The zero-order valence-corrected chi connectivity index (χ0v) is 10.5. The Kier molecular flexibility index (Phi) is 2.72. The molecule has 17 heavy (non-hydrogen) atoms. The molecule has 2 nitrogen and oxygen atoms in total. The summed E-state index contributed by atoms with van der Waals surface area (Å²) >= 11 is 0. The average Bonchev–Trinajstić information content (AvgIpc) is 2.85. The van der Waals surface area contributed by atoms with E-state index >= 15 is 0 Å². The Labute approximate surface area is 103 Å². The van der Waals surface area contributed by atoms with Gasteiger partial charge in [-0.3, -0.25) is 0 Å². The zero-order valence-electron chi connectivity index (χ0n) is 10.5. The highest BCUT2D eigenvalue weighted by Crippen LogP contribution is 2.48. The second-order valence-corrected chi connectivity index (χ2v) is 5.68. The Morgan fingerprint density at radius 2 is 1.76 bits per heavy atom. The molecule has 2 fully saturated rings. The number of hydrogen-bond acceptors (Lipinski definition) is 2. The molecule has 3 atom stereocenters. The molecular formula is C15H21NO. The highest BCUT2D eigenvalue weighted by atomic mass is 16.3. The molecule has 2 heteroatoms. The van der Waals surface area contributed by atoms with E-state index in [1.54, 1.807) is 0 Å². The first-order valence-corrected chi connectivity index (χ1v) is 6.71. The maximum Gasteiger partial charge on any atom is 0.0903 e. The van der Waals surface area contributed by atoms with Crippen LogP contribution in [0.5, 0.6) is 0 Å². The van der Waals surface area contributed by atoms with Crippen molar-refractivity contribution in [2.45, 2.75) is 25.4 Å². The minimum Gasteiger partial charge on any atom is -0.385 e. The highest BCUT2D eigenvalue weighted by Gasteiger charge is 2.48. The van der Waals surface area contributed by atoms with Gasteiger partial charge in [0.1, 0.15) is 0 Å². The molecule has 1 saturated heterocycles. The molecule has 2 aliphatic rings. The van der Waals surface area contributed by atoms with E-state index in [1.165, 1.54) is 13.1 Å². The molecule has 1 aromatic carbocycles. The van der Waals surface area contributed by atoms with Crippen LogP contribution in [0.2, 0.25) is 0 Å². The van der Waals surface area contributed by atoms with Gasteiger partial charge in [0.05, 0.1) is 5.60 Å². The molecule has 1 aliphatic heterocycles. The van der Waals surface area contributed by atoms with Crippen molar-refractivity contribution in [1.29, 1.82) is 0 Å². The summed E-state index contributed by atoms with van der Waals surface area (Å²) in [6.07, 6.45) is 1.89. The Balaban J connectivity index is 1.77. The summed E-state index contributed by atoms with van der Waals surface area (Å²) in [6, 6.07) is 10.2. The van der Waals surface area contributed by atoms with Crippen molar-refractivity contribution in [2.24, 2.45) is 11.8 Å². The van der Waals surface area contributed by atoms with E-state index in [2.05, 4.69) is 24.0 Å². The second kappa shape index (κ2) is 4.11. The summed E-state index contributed by atoms with van der Waals surface area (Å²) in [5, 5.41) is 10.8. The van der Waals surface area contributed by atoms with Gasteiger partial charge in [-0.05, 0) is 36.8 Å². The van der Waals surface area contributed by atoms with Crippen molar-refractivity contribution < 1.29 is 5.11 Å². The molecule has 0 radical (unpaired) electrons. The maximum absolute atomic E-state index is 10.8. The molecule has 1 heterocycles. The van der Waals surface area contributed by atoms with Crippen LogP contribution in [0.3, 0.4) is 0 Å². The van der Waals surface area contributed by atoms with Gasteiger partial charge in [-0.2, -0.15) is 0 Å². The summed E-state index contributed by atoms with van der Waals surface area (Å²) in [6.45, 7) is 5.73. The first kappa shape index (κ1) is 11.2. The van der Waals surface area contributed by atoms with E-state index in [9.17, 15) is 5.11 Å². The molecule has 1 aliphatic carbocycles. The molecule has 0 amide bonds. The number of hydrogen-bond donors (Lipinski definition) is 1. The zero-order chi connectivity index (χ0) is 11.9. The van der Waals surface area contributed by atoms with Gasteiger partial charge in [0.25, 0.3) is 0 Å². The summed E-state index contributed by atoms with van der Waals surface area (Å²) in [7, 11) is 0. The van der Waals surface area contributed by atoms with Crippen molar-refractivity contribution in [3.63, 3.8) is 0 Å². The van der Waals surface area contributed by atoms with E-state index in [1.807, 2.05) is 18.2 Å². The first-order chi connectivity index (χ1) is 8.21. The number of aliphatic hydroxyl groups is 1. The van der Waals surface area contributed by atoms with Crippen molar-refractivity contribution in [1.82, 2.24) is 4.90 Å². The molecule has 1 N–H and O–H groups in total. The molecular weight excluding hydrogens is 210 g/mol. The lowest BCUT2D eigenvalue weighted by Crippen LogP contribution is -2.28. The maximum atomic E-state index is 10.8. The van der Waals surface area contributed by atoms with Crippen molar-refractivity contribution in [3.05, 3.63) is 35.9 Å². The van der Waals surface area contributed by atoms with Gasteiger partial charge in [-0.15, -0.1) is 0 Å². The summed E-state index contributed by atoms with van der Waals surface area (Å²) in [5.41, 5.74) is 0.550. The van der Waals surface area contributed by atoms with Crippen LogP contribution >= 0.6 is 0 Å². The Morgan fingerprint density at radius 3 is 2.29 bits per heavy atom. The SMILES string of the molecule is CCN1CC2C[C@@](O)(c3ccccc3)C[C@@H]2C1. The average molecular weight is 231 g/mol. The molecule has 0 aromatic heterocycles. The summed E-state index contributed by atoms with van der Waals surface area (Å²) in [5.74, 6) is 1.39. The fourth-order valence-corrected chi connectivity index (χ4v) is 3.69. The van der Waals surface area contributed by atoms with Gasteiger partial charge in [0, 0.05) is 13.1 Å². The van der Waals surface area contributed by atoms with Gasteiger partial charge in [-0.25, -0.2) is 0 Å². The van der Waals surface area contributed by atoms with E-state index in [0.29, 0.717) is 11.8 Å². The minimum atomic E-state index is -0.559. The Bertz CT molecular complexity index is 375. The monoisotopic (exact) mass is 231 g/mol. The molecule has 0 spiro atoms. The van der Waals surface area contributed by atoms with E-state index in [4.69, 9.17) is 0 Å². The van der Waals surface area contributed by atoms with Gasteiger partial charge in [-0.1, -0.05) is 37.3 Å². The van der Waals surface area contributed by atoms with Crippen LogP contribution in [-0.4, -0.2) is 29.6 Å². The highest BCUT2D eigenvalue weighted by molar-refractivity contribution is 5.24. The lowest BCUT2D eigenvalue weighted by atomic mass is 9.90. The Morgan fingerprint density at radius 1 is 1.18 bits per heavy atom. The lowest BCUT2D eigenvalue weighted by Gasteiger charge is -2.26. The molecule has 92 valence electrons. The number of likely N-dealkylation sites (tertiary alicyclic amines) is 1. The van der Waals surface area contributed by atoms with E-state index in [0.717, 1.165) is 24.9 Å². The van der Waals surface area contributed by atoms with E-state index in [-0.39, 0.29) is 0 Å². The molecule has 0 bridgehead atoms. The third-order valence-corrected chi connectivity index (χ3v) is 4.61. The van der Waals surface area contributed by atoms with Crippen LogP contribution in [0.15, 0.2) is 30.3 Å². The van der Waals surface area contributed by atoms with Gasteiger partial charge < -0.3 is 10.0 Å². The van der Waals surface area contributed by atoms with E-state index < -0.39 is 5.60 Å². The number of nitrogens with zero attached hydrogens (tertiary/aromatic N) is 1. The third-order valence-electron chi connectivity index (χ3n) is 4.61. The predicted molar refractivity (Wildman–Crippen MR) is 68.7 cm³/mol. The lowest BCUT2D eigenvalue weighted by molar-refractivity contribution is 0.0316. The second-order valence-electron chi connectivity index (χ2n) is 5.68. The smallest absolute Gasteiger partial charge is 0.0903 e. The van der Waals surface area contributed by atoms with Crippen LogP contribution < -0.4 is 0 Å². The summed E-state index contributed by atoms with van der Waals surface area (Å²) < 4.78 is 0. The fourth-order valence-electron chi connectivity index (χ4n) is 3.69. The molecule has 3 rings (SSSR count). The van der Waals surface area contributed by atoms with Crippen LogP contribution in [-0.2, 0) is 5.60 Å². The molecule has 1 saturated carbocycles. The van der Waals surface area contributed by atoms with Crippen LogP contribution in [0.4, 0.5) is 0 Å². The number of rotatable bonds is 2. The van der Waals surface area contributed by atoms with Crippen molar-refractivity contribution >= 4 is 0 Å². The first-order valence-electron chi connectivity index (χ1n) is 6.71. The minimum absolute atomic E-state index is 0.559. The van der Waals surface area contributed by atoms with Crippen molar-refractivity contribution in [3.8, 4) is 0 Å². The quantitative estimate of drug-likeness (QED) is 0.843. The Hall–Kier alpha value is -0.860.